The van der Waals surface area contributed by atoms with Crippen LogP contribution in [0.15, 0.2) is 18.2 Å². The maximum absolute atomic E-state index is 13.1. The molecule has 0 spiro atoms. The van der Waals surface area contributed by atoms with Crippen LogP contribution in [0.2, 0.25) is 5.02 Å². The number of benzene rings is 1. The van der Waals surface area contributed by atoms with Crippen molar-refractivity contribution < 1.29 is 19.1 Å². The molecule has 0 aromatic heterocycles. The number of nitrogens with one attached hydrogen (secondary N) is 1. The van der Waals surface area contributed by atoms with Gasteiger partial charge in [-0.15, -0.1) is 0 Å². The molecule has 1 aromatic rings. The highest BCUT2D eigenvalue weighted by atomic mass is 35.5. The van der Waals surface area contributed by atoms with Gasteiger partial charge in [0.05, 0.1) is 10.6 Å². The number of carbonyl (C=O) groups excluding carboxylic acids is 1. The van der Waals surface area contributed by atoms with Crippen molar-refractivity contribution in [3.05, 3.63) is 34.6 Å². The molecule has 0 aliphatic carbocycles. The van der Waals surface area contributed by atoms with Crippen molar-refractivity contribution in [2.45, 2.75) is 19.4 Å². The minimum atomic E-state index is -1.15. The van der Waals surface area contributed by atoms with E-state index in [0.717, 1.165) is 6.07 Å². The normalized spacial score (nSPS) is 11.9. The summed E-state index contributed by atoms with van der Waals surface area (Å²) in [6, 6.07) is 2.77. The molecule has 1 atom stereocenters. The van der Waals surface area contributed by atoms with Gasteiger partial charge in [0.1, 0.15) is 11.9 Å². The fourth-order valence-corrected chi connectivity index (χ4v) is 1.47. The summed E-state index contributed by atoms with van der Waals surface area (Å²) in [6.45, 7) is 1.62. The Kier molecular flexibility index (Phi) is 4.45. The number of carbonyl (C=O) groups is 2. The topological polar surface area (TPSA) is 66.4 Å². The Bertz CT molecular complexity index is 450. The quantitative estimate of drug-likeness (QED) is 0.870. The van der Waals surface area contributed by atoms with E-state index in [0.29, 0.717) is 0 Å². The van der Waals surface area contributed by atoms with Crippen LogP contribution in [-0.4, -0.2) is 23.0 Å². The van der Waals surface area contributed by atoms with Crippen LogP contribution >= 0.6 is 11.6 Å². The largest absolute Gasteiger partial charge is 0.480 e. The Morgan fingerprint density at radius 1 is 1.53 bits per heavy atom. The number of halogens is 2. The van der Waals surface area contributed by atoms with Crippen molar-refractivity contribution >= 4 is 23.5 Å². The van der Waals surface area contributed by atoms with Gasteiger partial charge in [0.15, 0.2) is 0 Å². The molecule has 1 rings (SSSR count). The minimum Gasteiger partial charge on any atom is -0.480 e. The molecular formula is C11H11ClFNO3. The molecule has 0 saturated carbocycles. The van der Waals surface area contributed by atoms with Crippen molar-refractivity contribution in [3.8, 4) is 0 Å². The highest BCUT2D eigenvalue weighted by Gasteiger charge is 2.20. The molecule has 0 unspecified atom stereocenters. The Hall–Kier alpha value is -1.62. The number of carboxylic acids is 1. The lowest BCUT2D eigenvalue weighted by atomic mass is 10.1. The van der Waals surface area contributed by atoms with E-state index in [1.807, 2.05) is 0 Å². The minimum absolute atomic E-state index is 0.0774. The lowest BCUT2D eigenvalue weighted by Crippen LogP contribution is -2.40. The second-order valence-electron chi connectivity index (χ2n) is 3.37. The first-order valence-corrected chi connectivity index (χ1v) is 5.32. The van der Waals surface area contributed by atoms with Gasteiger partial charge >= 0.3 is 5.97 Å². The van der Waals surface area contributed by atoms with Gasteiger partial charge in [-0.05, 0) is 18.6 Å². The van der Waals surface area contributed by atoms with E-state index < -0.39 is 23.7 Å². The molecule has 92 valence electrons. The Balaban J connectivity index is 2.90. The van der Waals surface area contributed by atoms with Crippen LogP contribution in [0.5, 0.6) is 0 Å². The van der Waals surface area contributed by atoms with E-state index in [-0.39, 0.29) is 17.0 Å². The van der Waals surface area contributed by atoms with Gasteiger partial charge in [-0.3, -0.25) is 4.79 Å². The molecule has 0 aliphatic heterocycles. The molecule has 0 fully saturated rings. The van der Waals surface area contributed by atoms with Crippen LogP contribution in [-0.2, 0) is 4.79 Å². The molecule has 0 saturated heterocycles. The molecule has 0 bridgehead atoms. The molecule has 4 nitrogen and oxygen atoms in total. The van der Waals surface area contributed by atoms with Gasteiger partial charge in [-0.1, -0.05) is 24.6 Å². The van der Waals surface area contributed by atoms with E-state index in [1.54, 1.807) is 6.92 Å². The van der Waals surface area contributed by atoms with Crippen molar-refractivity contribution in [3.63, 3.8) is 0 Å². The van der Waals surface area contributed by atoms with E-state index >= 15 is 0 Å². The van der Waals surface area contributed by atoms with Crippen LogP contribution in [0.3, 0.4) is 0 Å². The van der Waals surface area contributed by atoms with Gasteiger partial charge in [-0.25, -0.2) is 9.18 Å². The highest BCUT2D eigenvalue weighted by Crippen LogP contribution is 2.19. The number of rotatable bonds is 4. The first-order chi connectivity index (χ1) is 7.97. The summed E-state index contributed by atoms with van der Waals surface area (Å²) in [7, 11) is 0. The summed E-state index contributed by atoms with van der Waals surface area (Å²) in [4.78, 5) is 22.4. The molecule has 6 heteroatoms. The van der Waals surface area contributed by atoms with Gasteiger partial charge in [0.2, 0.25) is 0 Å². The molecule has 2 N–H and O–H groups in total. The predicted molar refractivity (Wildman–Crippen MR) is 60.6 cm³/mol. The molecule has 1 amide bonds. The zero-order valence-electron chi connectivity index (χ0n) is 9.04. The number of carboxylic acid groups (broad SMARTS) is 1. The fourth-order valence-electron chi connectivity index (χ4n) is 1.25. The molecule has 0 aliphatic rings. The van der Waals surface area contributed by atoms with Crippen LogP contribution in [0.25, 0.3) is 0 Å². The zero-order valence-corrected chi connectivity index (χ0v) is 9.79. The maximum atomic E-state index is 13.1. The maximum Gasteiger partial charge on any atom is 0.326 e. The smallest absolute Gasteiger partial charge is 0.326 e. The third kappa shape index (κ3) is 3.17. The third-order valence-corrected chi connectivity index (χ3v) is 2.59. The Morgan fingerprint density at radius 2 is 2.18 bits per heavy atom. The average Bonchev–Trinajstić information content (AvgIpc) is 2.28. The predicted octanol–water partition coefficient (Wildman–Crippen LogP) is 2.07. The molecular weight excluding hydrogens is 249 g/mol. The first-order valence-electron chi connectivity index (χ1n) is 4.95. The second-order valence-corrected chi connectivity index (χ2v) is 3.75. The summed E-state index contributed by atoms with van der Waals surface area (Å²) in [6.07, 6.45) is 0.230. The van der Waals surface area contributed by atoms with Crippen LogP contribution < -0.4 is 5.32 Å². The van der Waals surface area contributed by atoms with E-state index in [9.17, 15) is 14.0 Å². The summed E-state index contributed by atoms with van der Waals surface area (Å²) in [5, 5.41) is 10.7. The molecule has 17 heavy (non-hydrogen) atoms. The van der Waals surface area contributed by atoms with Crippen LogP contribution in [0.4, 0.5) is 4.39 Å². The second kappa shape index (κ2) is 5.63. The van der Waals surface area contributed by atoms with Gasteiger partial charge < -0.3 is 10.4 Å². The van der Waals surface area contributed by atoms with Crippen molar-refractivity contribution in [1.82, 2.24) is 5.32 Å². The zero-order chi connectivity index (χ0) is 13.0. The summed E-state index contributed by atoms with van der Waals surface area (Å²) < 4.78 is 13.1. The number of amides is 1. The molecule has 0 heterocycles. The SMILES string of the molecule is CC[C@H](NC(=O)c1cccc(F)c1Cl)C(=O)O. The molecule has 0 radical (unpaired) electrons. The van der Waals surface area contributed by atoms with Crippen LogP contribution in [0.1, 0.15) is 23.7 Å². The van der Waals surface area contributed by atoms with E-state index in [2.05, 4.69) is 5.32 Å². The summed E-state index contributed by atoms with van der Waals surface area (Å²) >= 11 is 5.61. The number of hydrogen-bond acceptors (Lipinski definition) is 2. The monoisotopic (exact) mass is 259 g/mol. The standard InChI is InChI=1S/C11H11ClFNO3/c1-2-8(11(16)17)14-10(15)6-4-3-5-7(13)9(6)12/h3-5,8H,2H2,1H3,(H,14,15)(H,16,17)/t8-/m0/s1. The average molecular weight is 260 g/mol. The third-order valence-electron chi connectivity index (χ3n) is 2.21. The van der Waals surface area contributed by atoms with Crippen LogP contribution in [0, 0.1) is 5.82 Å². The number of hydrogen-bond donors (Lipinski definition) is 2. The fraction of sp³-hybridized carbons (Fsp3) is 0.273. The van der Waals surface area contributed by atoms with Crippen molar-refractivity contribution in [1.29, 1.82) is 0 Å². The molecule has 1 aromatic carbocycles. The van der Waals surface area contributed by atoms with E-state index in [4.69, 9.17) is 16.7 Å². The summed E-state index contributed by atoms with van der Waals surface area (Å²) in [5.41, 5.74) is -0.0774. The lowest BCUT2D eigenvalue weighted by Gasteiger charge is -2.12. The number of aliphatic carboxylic acids is 1. The van der Waals surface area contributed by atoms with Gasteiger partial charge in [-0.2, -0.15) is 0 Å². The summed E-state index contributed by atoms with van der Waals surface area (Å²) in [5.74, 6) is -2.57. The van der Waals surface area contributed by atoms with Gasteiger partial charge in [0, 0.05) is 0 Å². The van der Waals surface area contributed by atoms with Crippen molar-refractivity contribution in [2.24, 2.45) is 0 Å². The lowest BCUT2D eigenvalue weighted by molar-refractivity contribution is -0.139. The van der Waals surface area contributed by atoms with E-state index in [1.165, 1.54) is 12.1 Å². The highest BCUT2D eigenvalue weighted by molar-refractivity contribution is 6.34. The van der Waals surface area contributed by atoms with Gasteiger partial charge in [0.25, 0.3) is 5.91 Å². The first kappa shape index (κ1) is 13.4. The van der Waals surface area contributed by atoms with Crippen molar-refractivity contribution in [2.75, 3.05) is 0 Å². The Labute approximate surface area is 102 Å². The Morgan fingerprint density at radius 3 is 2.71 bits per heavy atom.